The summed E-state index contributed by atoms with van der Waals surface area (Å²) < 4.78 is 5.45. The number of hydrogen-bond acceptors (Lipinski definition) is 3. The Kier molecular flexibility index (Phi) is 5.86. The number of aromatic hydroxyl groups is 1. The smallest absolute Gasteiger partial charge is 0.410 e. The molecule has 0 saturated carbocycles. The Labute approximate surface area is 134 Å². The second-order valence-corrected chi connectivity index (χ2v) is 6.38. The summed E-state index contributed by atoms with van der Waals surface area (Å²) >= 11 is 0. The Morgan fingerprint density at radius 2 is 1.91 bits per heavy atom. The molecule has 0 spiro atoms. The van der Waals surface area contributed by atoms with Crippen LogP contribution < -0.4 is 0 Å². The zero-order valence-electron chi connectivity index (χ0n) is 14.9. The van der Waals surface area contributed by atoms with Gasteiger partial charge in [0.15, 0.2) is 0 Å². The van der Waals surface area contributed by atoms with E-state index in [4.69, 9.17) is 4.74 Å². The van der Waals surface area contributed by atoms with Crippen molar-refractivity contribution in [3.05, 3.63) is 28.8 Å². The zero-order valence-corrected chi connectivity index (χ0v) is 14.9. The van der Waals surface area contributed by atoms with E-state index in [2.05, 4.69) is 0 Å². The van der Waals surface area contributed by atoms with E-state index in [9.17, 15) is 9.90 Å². The molecule has 1 N–H and O–H groups in total. The van der Waals surface area contributed by atoms with Gasteiger partial charge < -0.3 is 14.7 Å². The number of amides is 1. The molecule has 1 aromatic carbocycles. The van der Waals surface area contributed by atoms with E-state index < -0.39 is 5.60 Å². The van der Waals surface area contributed by atoms with Gasteiger partial charge in [0.25, 0.3) is 0 Å². The summed E-state index contributed by atoms with van der Waals surface area (Å²) in [5.74, 6) is 0.321. The number of phenols is 1. The molecule has 1 amide bonds. The fraction of sp³-hybridized carbons (Fsp3) is 0.611. The van der Waals surface area contributed by atoms with E-state index in [1.165, 1.54) is 0 Å². The molecule has 1 unspecified atom stereocenters. The summed E-state index contributed by atoms with van der Waals surface area (Å²) in [6.45, 7) is 14.1. The fourth-order valence-corrected chi connectivity index (χ4v) is 2.65. The number of ether oxygens (including phenoxy) is 1. The highest BCUT2D eigenvalue weighted by Crippen LogP contribution is 2.35. The topological polar surface area (TPSA) is 49.8 Å². The quantitative estimate of drug-likeness (QED) is 0.763. The molecule has 1 atom stereocenters. The lowest BCUT2D eigenvalue weighted by Crippen LogP contribution is -2.42. The lowest BCUT2D eigenvalue weighted by Gasteiger charge is -2.37. The van der Waals surface area contributed by atoms with Crippen LogP contribution in [0.5, 0.6) is 5.75 Å². The van der Waals surface area contributed by atoms with Gasteiger partial charge in [0.2, 0.25) is 0 Å². The standard InChI is InChI=1S/C16H23NO3.C2H6/c1-10-12-8-9-17(15(19)20-16(3,4)5)11(2)13(12)6-7-14(10)18;1-2/h6-7,11,18H,8-9H2,1-5H3;1-2H3. The summed E-state index contributed by atoms with van der Waals surface area (Å²) in [5.41, 5.74) is 2.68. The molecule has 0 aliphatic carbocycles. The first-order valence-corrected chi connectivity index (χ1v) is 8.01. The van der Waals surface area contributed by atoms with Crippen LogP contribution in [0.15, 0.2) is 12.1 Å². The minimum Gasteiger partial charge on any atom is -0.508 e. The van der Waals surface area contributed by atoms with Crippen molar-refractivity contribution in [3.63, 3.8) is 0 Å². The van der Waals surface area contributed by atoms with Crippen molar-refractivity contribution in [1.82, 2.24) is 4.90 Å². The minimum atomic E-state index is -0.484. The highest BCUT2D eigenvalue weighted by Gasteiger charge is 2.31. The molecule has 22 heavy (non-hydrogen) atoms. The van der Waals surface area contributed by atoms with Gasteiger partial charge in [-0.2, -0.15) is 0 Å². The second-order valence-electron chi connectivity index (χ2n) is 6.38. The zero-order chi connectivity index (χ0) is 17.1. The van der Waals surface area contributed by atoms with Crippen molar-refractivity contribution in [2.75, 3.05) is 6.54 Å². The number of rotatable bonds is 0. The first-order chi connectivity index (χ1) is 10.2. The average Bonchev–Trinajstić information content (AvgIpc) is 2.43. The third kappa shape index (κ3) is 3.93. The van der Waals surface area contributed by atoms with Gasteiger partial charge in [-0.1, -0.05) is 19.9 Å². The highest BCUT2D eigenvalue weighted by molar-refractivity contribution is 5.69. The van der Waals surface area contributed by atoms with Crippen LogP contribution in [0.3, 0.4) is 0 Å². The molecule has 0 radical (unpaired) electrons. The lowest BCUT2D eigenvalue weighted by molar-refractivity contribution is 0.0159. The number of phenolic OH excluding ortho intramolecular Hbond substituents is 1. The Hall–Kier alpha value is -1.71. The molecule has 4 nitrogen and oxygen atoms in total. The van der Waals surface area contributed by atoms with Crippen molar-refractivity contribution >= 4 is 6.09 Å². The maximum Gasteiger partial charge on any atom is 0.410 e. The molecule has 1 aliphatic heterocycles. The van der Waals surface area contributed by atoms with Crippen LogP contribution in [0, 0.1) is 6.92 Å². The van der Waals surface area contributed by atoms with Crippen LogP contribution in [0.25, 0.3) is 0 Å². The molecule has 1 heterocycles. The third-order valence-corrected chi connectivity index (χ3v) is 3.75. The van der Waals surface area contributed by atoms with Gasteiger partial charge in [-0.05, 0) is 63.8 Å². The van der Waals surface area contributed by atoms with Crippen LogP contribution >= 0.6 is 0 Å². The first-order valence-electron chi connectivity index (χ1n) is 8.01. The van der Waals surface area contributed by atoms with Gasteiger partial charge >= 0.3 is 6.09 Å². The normalized spacial score (nSPS) is 17.2. The van der Waals surface area contributed by atoms with E-state index in [0.29, 0.717) is 12.3 Å². The summed E-state index contributed by atoms with van der Waals surface area (Å²) in [7, 11) is 0. The molecule has 0 aromatic heterocycles. The molecule has 0 bridgehead atoms. The number of hydrogen-bond donors (Lipinski definition) is 1. The predicted octanol–water partition coefficient (Wildman–Crippen LogP) is 4.58. The van der Waals surface area contributed by atoms with Crippen LogP contribution in [-0.2, 0) is 11.2 Å². The van der Waals surface area contributed by atoms with E-state index in [1.54, 1.807) is 11.0 Å². The van der Waals surface area contributed by atoms with Gasteiger partial charge in [-0.15, -0.1) is 0 Å². The molecule has 0 fully saturated rings. The Morgan fingerprint density at radius 1 is 1.32 bits per heavy atom. The first kappa shape index (κ1) is 18.3. The Bertz CT molecular complexity index is 532. The van der Waals surface area contributed by atoms with Crippen LogP contribution in [-0.4, -0.2) is 28.2 Å². The van der Waals surface area contributed by atoms with Crippen LogP contribution in [0.2, 0.25) is 0 Å². The molecule has 2 rings (SSSR count). The molecule has 1 aliphatic rings. The van der Waals surface area contributed by atoms with Crippen molar-refractivity contribution in [1.29, 1.82) is 0 Å². The number of carbonyl (C=O) groups is 1. The minimum absolute atomic E-state index is 0.0344. The largest absolute Gasteiger partial charge is 0.508 e. The van der Waals surface area contributed by atoms with Gasteiger partial charge in [0.05, 0.1) is 6.04 Å². The van der Waals surface area contributed by atoms with E-state index in [0.717, 1.165) is 23.1 Å². The van der Waals surface area contributed by atoms with Gasteiger partial charge in [-0.3, -0.25) is 0 Å². The summed E-state index contributed by atoms with van der Waals surface area (Å²) in [6.07, 6.45) is 0.473. The average molecular weight is 307 g/mol. The fourth-order valence-electron chi connectivity index (χ4n) is 2.65. The van der Waals surface area contributed by atoms with Crippen LogP contribution in [0.4, 0.5) is 4.79 Å². The predicted molar refractivity (Wildman–Crippen MR) is 89.3 cm³/mol. The van der Waals surface area contributed by atoms with Gasteiger partial charge in [0, 0.05) is 6.54 Å². The molecule has 124 valence electrons. The van der Waals surface area contributed by atoms with Gasteiger partial charge in [0.1, 0.15) is 11.4 Å². The number of fused-ring (bicyclic) bond motifs is 1. The number of benzene rings is 1. The summed E-state index contributed by atoms with van der Waals surface area (Å²) in [5, 5.41) is 9.78. The molecule has 1 aromatic rings. The lowest BCUT2D eigenvalue weighted by atomic mass is 9.90. The number of carbonyl (C=O) groups excluding carboxylic acids is 1. The van der Waals surface area contributed by atoms with Crippen molar-refractivity contribution in [2.24, 2.45) is 0 Å². The van der Waals surface area contributed by atoms with E-state index in [-0.39, 0.29) is 12.1 Å². The SMILES string of the molecule is CC.Cc1c(O)ccc2c1CCN(C(=O)OC(C)(C)C)C2C. The van der Waals surface area contributed by atoms with Gasteiger partial charge in [-0.25, -0.2) is 4.79 Å². The molecule has 0 saturated heterocycles. The van der Waals surface area contributed by atoms with Crippen molar-refractivity contribution in [3.8, 4) is 5.75 Å². The monoisotopic (exact) mass is 307 g/mol. The molecular weight excluding hydrogens is 278 g/mol. The van der Waals surface area contributed by atoms with Crippen LogP contribution in [0.1, 0.15) is 64.3 Å². The third-order valence-electron chi connectivity index (χ3n) is 3.75. The Morgan fingerprint density at radius 3 is 2.45 bits per heavy atom. The Balaban J connectivity index is 0.00000116. The maximum atomic E-state index is 12.2. The summed E-state index contributed by atoms with van der Waals surface area (Å²) in [6, 6.07) is 3.56. The highest BCUT2D eigenvalue weighted by atomic mass is 16.6. The summed E-state index contributed by atoms with van der Waals surface area (Å²) in [4.78, 5) is 14.0. The molecular formula is C18H29NO3. The van der Waals surface area contributed by atoms with Crippen molar-refractivity contribution in [2.45, 2.75) is 66.5 Å². The van der Waals surface area contributed by atoms with E-state index in [1.807, 2.05) is 54.5 Å². The number of nitrogens with zero attached hydrogens (tertiary/aromatic N) is 1. The van der Waals surface area contributed by atoms with Crippen molar-refractivity contribution < 1.29 is 14.6 Å². The second kappa shape index (κ2) is 7.03. The molecule has 4 heteroatoms. The van der Waals surface area contributed by atoms with E-state index >= 15 is 0 Å². The maximum absolute atomic E-state index is 12.2.